The Balaban J connectivity index is 1.98. The van der Waals surface area contributed by atoms with E-state index < -0.39 is 10.0 Å². The number of methoxy groups -OCH3 is 1. The molecule has 0 aromatic heterocycles. The number of rotatable bonds is 6. The lowest BCUT2D eigenvalue weighted by molar-refractivity contribution is -0.114. The minimum absolute atomic E-state index is 0.0342. The Morgan fingerprint density at radius 2 is 1.81 bits per heavy atom. The van der Waals surface area contributed by atoms with Gasteiger partial charge in [-0.2, -0.15) is 0 Å². The van der Waals surface area contributed by atoms with Crippen LogP contribution in [0.25, 0.3) is 0 Å². The normalized spacial score (nSPS) is 14.0. The highest BCUT2D eigenvalue weighted by Crippen LogP contribution is 2.38. The predicted molar refractivity (Wildman–Crippen MR) is 101 cm³/mol. The average Bonchev–Trinajstić information content (AvgIpc) is 3.40. The van der Waals surface area contributed by atoms with E-state index in [9.17, 15) is 13.2 Å². The third-order valence-corrected chi connectivity index (χ3v) is 6.28. The fourth-order valence-corrected chi connectivity index (χ4v) is 4.81. The van der Waals surface area contributed by atoms with Crippen molar-refractivity contribution in [3.8, 4) is 5.75 Å². The van der Waals surface area contributed by atoms with Gasteiger partial charge in [0.15, 0.2) is 0 Å². The van der Waals surface area contributed by atoms with Crippen molar-refractivity contribution in [3.63, 3.8) is 0 Å². The molecule has 1 N–H and O–H groups in total. The maximum Gasteiger partial charge on any atom is 0.264 e. The van der Waals surface area contributed by atoms with E-state index in [0.717, 1.165) is 12.8 Å². The number of anilines is 2. The minimum atomic E-state index is -3.69. The molecule has 0 saturated heterocycles. The average molecular weight is 374 g/mol. The van der Waals surface area contributed by atoms with Gasteiger partial charge < -0.3 is 10.1 Å². The van der Waals surface area contributed by atoms with E-state index in [1.165, 1.54) is 11.2 Å². The number of hydrogen-bond donors (Lipinski definition) is 1. The zero-order valence-corrected chi connectivity index (χ0v) is 15.8. The Kier molecular flexibility index (Phi) is 4.91. The molecule has 0 radical (unpaired) electrons. The number of nitrogens with one attached hydrogen (secondary N) is 1. The topological polar surface area (TPSA) is 75.7 Å². The summed E-state index contributed by atoms with van der Waals surface area (Å²) in [5.74, 6) is 0.456. The van der Waals surface area contributed by atoms with E-state index in [4.69, 9.17) is 4.74 Å². The molecule has 0 spiro atoms. The smallest absolute Gasteiger partial charge is 0.264 e. The lowest BCUT2D eigenvalue weighted by Crippen LogP contribution is -2.33. The van der Waals surface area contributed by atoms with Crippen LogP contribution in [0.5, 0.6) is 5.75 Å². The van der Waals surface area contributed by atoms with Crippen molar-refractivity contribution in [1.29, 1.82) is 0 Å². The van der Waals surface area contributed by atoms with Crippen LogP contribution in [-0.2, 0) is 14.8 Å². The zero-order chi connectivity index (χ0) is 18.9. The Bertz CT molecular complexity index is 919. The molecule has 0 heterocycles. The van der Waals surface area contributed by atoms with Crippen molar-refractivity contribution in [2.45, 2.75) is 37.6 Å². The van der Waals surface area contributed by atoms with Crippen molar-refractivity contribution in [2.75, 3.05) is 16.7 Å². The highest BCUT2D eigenvalue weighted by molar-refractivity contribution is 7.93. The molecule has 0 bridgehead atoms. The molecule has 138 valence electrons. The first-order valence-corrected chi connectivity index (χ1v) is 9.83. The third-order valence-electron chi connectivity index (χ3n) is 4.24. The standard InChI is InChI=1S/C19H22N2O4S/c1-13-12-18(25-3)10-11-19(13)26(23,24)21(17-8-9-17)16-6-4-15(5-7-16)20-14(2)22/h4-7,10-12,17H,8-9H2,1-3H3,(H,20,22). The van der Waals surface area contributed by atoms with E-state index in [1.54, 1.807) is 56.5 Å². The van der Waals surface area contributed by atoms with Gasteiger partial charge in [0.1, 0.15) is 5.75 Å². The Morgan fingerprint density at radius 1 is 1.15 bits per heavy atom. The number of nitrogens with zero attached hydrogens (tertiary/aromatic N) is 1. The first kappa shape index (κ1) is 18.3. The Morgan fingerprint density at radius 3 is 2.31 bits per heavy atom. The summed E-state index contributed by atoms with van der Waals surface area (Å²) in [5, 5.41) is 2.69. The van der Waals surface area contributed by atoms with E-state index >= 15 is 0 Å². The molecule has 6 nitrogen and oxygen atoms in total. The predicted octanol–water partition coefficient (Wildman–Crippen LogP) is 3.32. The first-order valence-electron chi connectivity index (χ1n) is 8.39. The number of hydrogen-bond acceptors (Lipinski definition) is 4. The molecule has 0 unspecified atom stereocenters. The lowest BCUT2D eigenvalue weighted by Gasteiger charge is -2.25. The van der Waals surface area contributed by atoms with Gasteiger partial charge in [0.05, 0.1) is 17.7 Å². The molecule has 1 saturated carbocycles. The van der Waals surface area contributed by atoms with Gasteiger partial charge in [-0.05, 0) is 67.8 Å². The van der Waals surface area contributed by atoms with E-state index in [-0.39, 0.29) is 16.8 Å². The second-order valence-corrected chi connectivity index (χ2v) is 8.17. The molecule has 1 aliphatic rings. The highest BCUT2D eigenvalue weighted by atomic mass is 32.2. The fourth-order valence-electron chi connectivity index (χ4n) is 2.89. The lowest BCUT2D eigenvalue weighted by atomic mass is 10.2. The van der Waals surface area contributed by atoms with Crippen LogP contribution in [0, 0.1) is 6.92 Å². The fraction of sp³-hybridized carbons (Fsp3) is 0.316. The quantitative estimate of drug-likeness (QED) is 0.842. The number of carbonyl (C=O) groups is 1. The number of benzene rings is 2. The Hall–Kier alpha value is -2.54. The van der Waals surface area contributed by atoms with Crippen LogP contribution in [0.3, 0.4) is 0 Å². The zero-order valence-electron chi connectivity index (χ0n) is 15.0. The summed E-state index contributed by atoms with van der Waals surface area (Å²) >= 11 is 0. The van der Waals surface area contributed by atoms with Gasteiger partial charge in [0.2, 0.25) is 5.91 Å². The maximum atomic E-state index is 13.3. The summed E-state index contributed by atoms with van der Waals surface area (Å²) in [4.78, 5) is 11.4. The number of carbonyl (C=O) groups excluding carboxylic acids is 1. The minimum Gasteiger partial charge on any atom is -0.497 e. The number of aryl methyl sites for hydroxylation is 1. The number of ether oxygens (including phenoxy) is 1. The second-order valence-electron chi connectivity index (χ2n) is 6.39. The van der Waals surface area contributed by atoms with Crippen LogP contribution in [0.1, 0.15) is 25.3 Å². The van der Waals surface area contributed by atoms with Gasteiger partial charge in [0, 0.05) is 18.7 Å². The summed E-state index contributed by atoms with van der Waals surface area (Å²) in [6.07, 6.45) is 1.67. The van der Waals surface area contributed by atoms with E-state index in [0.29, 0.717) is 22.7 Å². The van der Waals surface area contributed by atoms with Crippen LogP contribution in [0.4, 0.5) is 11.4 Å². The summed E-state index contributed by atoms with van der Waals surface area (Å²) in [6.45, 7) is 3.20. The van der Waals surface area contributed by atoms with Crippen molar-refractivity contribution < 1.29 is 17.9 Å². The SMILES string of the molecule is COc1ccc(S(=O)(=O)N(c2ccc(NC(C)=O)cc2)C2CC2)c(C)c1. The molecule has 2 aromatic rings. The molecule has 0 aliphatic heterocycles. The van der Waals surface area contributed by atoms with Gasteiger partial charge in [0.25, 0.3) is 10.0 Å². The molecular formula is C19H22N2O4S. The van der Waals surface area contributed by atoms with Gasteiger partial charge in [-0.1, -0.05) is 0 Å². The van der Waals surface area contributed by atoms with Crippen LogP contribution < -0.4 is 14.4 Å². The van der Waals surface area contributed by atoms with Gasteiger partial charge in [-0.15, -0.1) is 0 Å². The van der Waals surface area contributed by atoms with Crippen LogP contribution in [0.15, 0.2) is 47.4 Å². The summed E-state index contributed by atoms with van der Waals surface area (Å²) in [7, 11) is -2.14. The molecule has 1 amide bonds. The molecular weight excluding hydrogens is 352 g/mol. The number of amides is 1. The molecule has 7 heteroatoms. The van der Waals surface area contributed by atoms with Crippen molar-refractivity contribution in [1.82, 2.24) is 0 Å². The van der Waals surface area contributed by atoms with Crippen LogP contribution >= 0.6 is 0 Å². The summed E-state index contributed by atoms with van der Waals surface area (Å²) in [5.41, 5.74) is 1.87. The van der Waals surface area contributed by atoms with E-state index in [1.807, 2.05) is 0 Å². The van der Waals surface area contributed by atoms with E-state index in [2.05, 4.69) is 5.32 Å². The Labute approximate surface area is 153 Å². The summed E-state index contributed by atoms with van der Waals surface area (Å²) < 4.78 is 33.3. The molecule has 1 aliphatic carbocycles. The molecule has 2 aromatic carbocycles. The molecule has 1 fully saturated rings. The monoisotopic (exact) mass is 374 g/mol. The second kappa shape index (κ2) is 6.99. The van der Waals surface area contributed by atoms with Gasteiger partial charge >= 0.3 is 0 Å². The largest absolute Gasteiger partial charge is 0.497 e. The highest BCUT2D eigenvalue weighted by Gasteiger charge is 2.38. The van der Waals surface area contributed by atoms with Crippen molar-refractivity contribution >= 4 is 27.3 Å². The van der Waals surface area contributed by atoms with Gasteiger partial charge in [-0.25, -0.2) is 8.42 Å². The third kappa shape index (κ3) is 3.67. The van der Waals surface area contributed by atoms with Crippen molar-refractivity contribution in [2.24, 2.45) is 0 Å². The molecule has 0 atom stereocenters. The van der Waals surface area contributed by atoms with Gasteiger partial charge in [-0.3, -0.25) is 9.10 Å². The van der Waals surface area contributed by atoms with Crippen molar-refractivity contribution in [3.05, 3.63) is 48.0 Å². The first-order chi connectivity index (χ1) is 12.3. The number of sulfonamides is 1. The van der Waals surface area contributed by atoms with Crippen LogP contribution in [0.2, 0.25) is 0 Å². The molecule has 26 heavy (non-hydrogen) atoms. The molecule has 3 rings (SSSR count). The maximum absolute atomic E-state index is 13.3. The van der Waals surface area contributed by atoms with Crippen LogP contribution in [-0.4, -0.2) is 27.5 Å². The summed E-state index contributed by atoms with van der Waals surface area (Å²) in [6, 6.07) is 11.8.